The molecule has 2 rings (SSSR count). The fourth-order valence-electron chi connectivity index (χ4n) is 2.62. The summed E-state index contributed by atoms with van der Waals surface area (Å²) in [5, 5.41) is 2.70. The van der Waals surface area contributed by atoms with Crippen LogP contribution in [0.25, 0.3) is 0 Å². The molecule has 29 heavy (non-hydrogen) atoms. The van der Waals surface area contributed by atoms with Gasteiger partial charge in [-0.05, 0) is 54.7 Å². The van der Waals surface area contributed by atoms with E-state index in [2.05, 4.69) is 10.0 Å². The monoisotopic (exact) mass is 418 g/mol. The number of esters is 1. The summed E-state index contributed by atoms with van der Waals surface area (Å²) in [5.74, 6) is -1.12. The smallest absolute Gasteiger partial charge is 0.321 e. The van der Waals surface area contributed by atoms with Crippen molar-refractivity contribution in [3.63, 3.8) is 0 Å². The molecule has 0 aliphatic carbocycles. The van der Waals surface area contributed by atoms with Crippen molar-refractivity contribution in [3.8, 4) is 0 Å². The Morgan fingerprint density at radius 2 is 1.72 bits per heavy atom. The molecule has 0 fully saturated rings. The minimum Gasteiger partial charge on any atom is -0.455 e. The van der Waals surface area contributed by atoms with E-state index in [-0.39, 0.29) is 10.8 Å². The van der Waals surface area contributed by atoms with Crippen molar-refractivity contribution in [1.82, 2.24) is 4.72 Å². The zero-order valence-corrected chi connectivity index (χ0v) is 17.8. The second-order valence-corrected chi connectivity index (χ2v) is 8.79. The largest absolute Gasteiger partial charge is 0.455 e. The van der Waals surface area contributed by atoms with Gasteiger partial charge in [0, 0.05) is 5.69 Å². The summed E-state index contributed by atoms with van der Waals surface area (Å²) in [4.78, 5) is 24.0. The van der Waals surface area contributed by atoms with Gasteiger partial charge in [0.25, 0.3) is 5.91 Å². The van der Waals surface area contributed by atoms with Crippen LogP contribution >= 0.6 is 0 Å². The van der Waals surface area contributed by atoms with Crippen LogP contribution in [0, 0.1) is 13.8 Å². The third kappa shape index (κ3) is 6.40. The molecule has 0 saturated heterocycles. The molecular weight excluding hydrogens is 392 g/mol. The average Bonchev–Trinajstić information content (AvgIpc) is 2.67. The first kappa shape index (κ1) is 22.6. The van der Waals surface area contributed by atoms with Crippen LogP contribution in [0.5, 0.6) is 0 Å². The van der Waals surface area contributed by atoms with Crippen LogP contribution in [-0.2, 0) is 24.3 Å². The molecule has 0 atom stereocenters. The molecule has 0 radical (unpaired) electrons. The van der Waals surface area contributed by atoms with Crippen molar-refractivity contribution in [2.24, 2.45) is 0 Å². The molecule has 0 saturated carbocycles. The normalized spacial score (nSPS) is 11.3. The molecule has 8 heteroatoms. The number of carbonyl (C=O) groups is 2. The molecule has 1 amide bonds. The Hall–Kier alpha value is -2.71. The maximum absolute atomic E-state index is 12.3. The minimum absolute atomic E-state index is 0.0661. The molecule has 0 spiro atoms. The molecular formula is C21H26N2O5S. The molecule has 0 aromatic heterocycles. The number of ether oxygens (including phenoxy) is 1. The zero-order chi connectivity index (χ0) is 21.6. The van der Waals surface area contributed by atoms with Crippen molar-refractivity contribution in [2.75, 3.05) is 18.5 Å². The van der Waals surface area contributed by atoms with Gasteiger partial charge in [0.15, 0.2) is 6.61 Å². The second-order valence-electron chi connectivity index (χ2n) is 7.02. The van der Waals surface area contributed by atoms with Crippen LogP contribution in [0.2, 0.25) is 0 Å². The number of amides is 1. The summed E-state index contributed by atoms with van der Waals surface area (Å²) in [6, 6.07) is 12.1. The number of hydrogen-bond acceptors (Lipinski definition) is 5. The van der Waals surface area contributed by atoms with E-state index in [0.29, 0.717) is 5.69 Å². The van der Waals surface area contributed by atoms with E-state index in [1.54, 1.807) is 25.1 Å². The van der Waals surface area contributed by atoms with Gasteiger partial charge in [0.2, 0.25) is 10.0 Å². The van der Waals surface area contributed by atoms with Gasteiger partial charge >= 0.3 is 5.97 Å². The zero-order valence-electron chi connectivity index (χ0n) is 17.0. The molecule has 0 unspecified atom stereocenters. The number of rotatable bonds is 8. The van der Waals surface area contributed by atoms with Gasteiger partial charge in [-0.1, -0.05) is 38.1 Å². The third-order valence-electron chi connectivity index (χ3n) is 4.42. The number of nitrogens with one attached hydrogen (secondary N) is 2. The minimum atomic E-state index is -3.85. The summed E-state index contributed by atoms with van der Waals surface area (Å²) in [5.41, 5.74) is 3.41. The molecule has 0 heterocycles. The number of hydrogen-bond donors (Lipinski definition) is 2. The van der Waals surface area contributed by atoms with Gasteiger partial charge in [0.1, 0.15) is 6.54 Å². The van der Waals surface area contributed by atoms with Crippen LogP contribution in [0.1, 0.15) is 36.5 Å². The Kier molecular flexibility index (Phi) is 7.53. The number of aryl methyl sites for hydroxylation is 2. The molecule has 7 nitrogen and oxygen atoms in total. The highest BCUT2D eigenvalue weighted by molar-refractivity contribution is 7.89. The lowest BCUT2D eigenvalue weighted by Gasteiger charge is -2.13. The summed E-state index contributed by atoms with van der Waals surface area (Å²) < 4.78 is 31.6. The topological polar surface area (TPSA) is 102 Å². The fourth-order valence-corrected chi connectivity index (χ4v) is 3.67. The van der Waals surface area contributed by atoms with Crippen molar-refractivity contribution in [2.45, 2.75) is 38.5 Å². The fraction of sp³-hybridized carbons (Fsp3) is 0.333. The van der Waals surface area contributed by atoms with Crippen molar-refractivity contribution < 1.29 is 22.7 Å². The van der Waals surface area contributed by atoms with E-state index < -0.39 is 35.1 Å². The molecule has 0 aliphatic heterocycles. The Morgan fingerprint density at radius 3 is 2.38 bits per heavy atom. The molecule has 2 aromatic rings. The number of para-hydroxylation sites is 1. The van der Waals surface area contributed by atoms with Gasteiger partial charge in [0.05, 0.1) is 4.90 Å². The Bertz CT molecular complexity index is 1000. The molecule has 2 aromatic carbocycles. The first-order valence-electron chi connectivity index (χ1n) is 9.21. The first-order chi connectivity index (χ1) is 13.6. The van der Waals surface area contributed by atoms with E-state index >= 15 is 0 Å². The Labute approximate surface area is 171 Å². The molecule has 156 valence electrons. The van der Waals surface area contributed by atoms with E-state index in [9.17, 15) is 18.0 Å². The van der Waals surface area contributed by atoms with E-state index in [4.69, 9.17) is 4.74 Å². The maximum atomic E-state index is 12.3. The van der Waals surface area contributed by atoms with Gasteiger partial charge < -0.3 is 10.1 Å². The standard InChI is InChI=1S/C21H26N2O5S/c1-14(2)18-7-5-6-8-19(18)23-20(24)13-28-21(25)12-22-29(26,27)17-10-9-15(3)16(4)11-17/h5-11,14,22H,12-13H2,1-4H3,(H,23,24). The second kappa shape index (κ2) is 9.67. The van der Waals surface area contributed by atoms with Gasteiger partial charge in [-0.2, -0.15) is 4.72 Å². The predicted molar refractivity (Wildman–Crippen MR) is 111 cm³/mol. The maximum Gasteiger partial charge on any atom is 0.321 e. The van der Waals surface area contributed by atoms with Crippen molar-refractivity contribution >= 4 is 27.6 Å². The molecule has 2 N–H and O–H groups in total. The van der Waals surface area contributed by atoms with Crippen LogP contribution in [0.3, 0.4) is 0 Å². The predicted octanol–water partition coefficient (Wildman–Crippen LogP) is 2.89. The lowest BCUT2D eigenvalue weighted by atomic mass is 10.0. The Balaban J connectivity index is 1.86. The van der Waals surface area contributed by atoms with Crippen molar-refractivity contribution in [1.29, 1.82) is 0 Å². The Morgan fingerprint density at radius 1 is 1.03 bits per heavy atom. The van der Waals surface area contributed by atoms with Crippen LogP contribution < -0.4 is 10.0 Å². The van der Waals surface area contributed by atoms with Gasteiger partial charge in [-0.3, -0.25) is 9.59 Å². The molecule has 0 bridgehead atoms. The van der Waals surface area contributed by atoms with Crippen LogP contribution in [-0.4, -0.2) is 33.4 Å². The van der Waals surface area contributed by atoms with Crippen LogP contribution in [0.4, 0.5) is 5.69 Å². The quantitative estimate of drug-likeness (QED) is 0.642. The average molecular weight is 419 g/mol. The summed E-state index contributed by atoms with van der Waals surface area (Å²) in [6.45, 7) is 6.63. The summed E-state index contributed by atoms with van der Waals surface area (Å²) in [6.07, 6.45) is 0. The highest BCUT2D eigenvalue weighted by Crippen LogP contribution is 2.23. The van der Waals surface area contributed by atoms with E-state index in [1.165, 1.54) is 12.1 Å². The summed E-state index contributed by atoms with van der Waals surface area (Å²) >= 11 is 0. The lowest BCUT2D eigenvalue weighted by Crippen LogP contribution is -2.32. The number of sulfonamides is 1. The highest BCUT2D eigenvalue weighted by Gasteiger charge is 2.17. The SMILES string of the molecule is Cc1ccc(S(=O)(=O)NCC(=O)OCC(=O)Nc2ccccc2C(C)C)cc1C. The summed E-state index contributed by atoms with van der Waals surface area (Å²) in [7, 11) is -3.85. The van der Waals surface area contributed by atoms with Crippen LogP contribution in [0.15, 0.2) is 47.4 Å². The molecule has 0 aliphatic rings. The third-order valence-corrected chi connectivity index (χ3v) is 5.82. The van der Waals surface area contributed by atoms with Gasteiger partial charge in [-0.15, -0.1) is 0 Å². The number of benzene rings is 2. The van der Waals surface area contributed by atoms with Gasteiger partial charge in [-0.25, -0.2) is 8.42 Å². The number of anilines is 1. The highest BCUT2D eigenvalue weighted by atomic mass is 32.2. The number of carbonyl (C=O) groups excluding carboxylic acids is 2. The van der Waals surface area contributed by atoms with E-state index in [0.717, 1.165) is 16.7 Å². The van der Waals surface area contributed by atoms with E-state index in [1.807, 2.05) is 32.9 Å². The lowest BCUT2D eigenvalue weighted by molar-refractivity contribution is -0.146. The van der Waals surface area contributed by atoms with Crippen molar-refractivity contribution in [3.05, 3.63) is 59.2 Å². The first-order valence-corrected chi connectivity index (χ1v) is 10.7.